The minimum absolute atomic E-state index is 0. The van der Waals surface area contributed by atoms with Crippen molar-refractivity contribution >= 4 is 77.7 Å². The van der Waals surface area contributed by atoms with Gasteiger partial charge in [0.1, 0.15) is 0 Å². The van der Waals surface area contributed by atoms with Crippen molar-refractivity contribution in [2.45, 2.75) is 160 Å². The minimum atomic E-state index is -3.22. The van der Waals surface area contributed by atoms with E-state index < -0.39 is 10.0 Å². The number of aromatic nitrogens is 11. The number of nitrogens with two attached hydrogens (primary N) is 1. The first-order chi connectivity index (χ1) is 33.0. The molecule has 0 spiro atoms. The van der Waals surface area contributed by atoms with Gasteiger partial charge in [0.2, 0.25) is 27.9 Å². The molecule has 481 valence electrons. The Morgan fingerprint density at radius 1 is 0.424 bits per heavy atom. The second kappa shape index (κ2) is 43.9. The third-order valence-electron chi connectivity index (χ3n) is 10.4. The van der Waals surface area contributed by atoms with Crippen LogP contribution in [0.5, 0.6) is 0 Å². The van der Waals surface area contributed by atoms with E-state index in [1.807, 2.05) is 157 Å². The maximum absolute atomic E-state index is 11.0. The van der Waals surface area contributed by atoms with Gasteiger partial charge in [-0.2, -0.15) is 15.0 Å². The topological polar surface area (TPSA) is 240 Å². The predicted octanol–water partition coefficient (Wildman–Crippen LogP) is 19.1. The molecule has 0 unspecified atom stereocenters. The Labute approximate surface area is 527 Å². The summed E-state index contributed by atoms with van der Waals surface area (Å²) in [7, 11) is -3.22. The van der Waals surface area contributed by atoms with Crippen LogP contribution >= 0.6 is 0 Å². The summed E-state index contributed by atoms with van der Waals surface area (Å²) in [5.74, 6) is 2.86. The molecule has 0 saturated carbocycles. The zero-order valence-corrected chi connectivity index (χ0v) is 40.7. The molecule has 4 aromatic heterocycles. The predicted molar refractivity (Wildman–Crippen MR) is 379 cm³/mol. The SMILES string of the molecule is C.C.C.C.C.C.C.C.C.C.C.C.C.C.C.C.CC.CC.Cc1ccc(C)c(Nc2nc(N)nc(NCCNS(C)(=O)=O)n2)c1.[Cu+2].c1ccc2c(c1)-c1nc-2nc2[n-]c(nc3nc(nc4[n-]c(n1)c1ccccc41)-c1ccccc1-3)c1ccccc21. The van der Waals surface area contributed by atoms with Gasteiger partial charge in [-0.1, -0.05) is 256 Å². The third-order valence-corrected chi connectivity index (χ3v) is 11.1. The van der Waals surface area contributed by atoms with Gasteiger partial charge in [-0.15, -0.1) is 0 Å². The van der Waals surface area contributed by atoms with E-state index >= 15 is 0 Å². The van der Waals surface area contributed by atoms with E-state index in [4.69, 9.17) is 45.6 Å². The third kappa shape index (κ3) is 22.3. The first-order valence-corrected chi connectivity index (χ1v) is 24.0. The number of rotatable bonds is 7. The Balaban J connectivity index is -0.000000141. The zero-order valence-electron chi connectivity index (χ0n) is 38.9. The van der Waals surface area contributed by atoms with E-state index in [0.717, 1.165) is 66.9 Å². The van der Waals surface area contributed by atoms with Gasteiger partial charge in [-0.05, 0) is 52.6 Å². The standard InChI is InChI=1S/C32H16N8.C14H21N7O2S.2C2H6.16CH4.Cu/c1-2-10-18-17(9-1)25-33-26(18)38-28-21-13-5-6-14-22(21)30(35-28)40-32-24-16-8-7-15-23(24)31(36-32)39-29-20-12-4-3-11-19(20)27(34-29)37-25;1-9-4-5-10(2)11(8-9)18-14-20-12(15)19-13(21-14)16-6-7-17-24(3,22)23;2*1-2;;;;;;;;;;;;;;;;;/h1-16H;4-5,8,17H,6-7H2,1-3H3,(H4,15,16,18,19,20,21);2*1-2H3;16*1H4;/q-2;;;;;;;;;;;;;;;;;;;;+2. The summed E-state index contributed by atoms with van der Waals surface area (Å²) in [6.45, 7) is 12.5. The fourth-order valence-corrected chi connectivity index (χ4v) is 7.86. The van der Waals surface area contributed by atoms with Crippen molar-refractivity contribution in [2.24, 2.45) is 0 Å². The zero-order chi connectivity index (χ0) is 48.0. The molecule has 2 aliphatic rings. The Kier molecular flexibility index (Phi) is 51.3. The van der Waals surface area contributed by atoms with Crippen LogP contribution in [0.2, 0.25) is 0 Å². The van der Waals surface area contributed by atoms with Crippen LogP contribution in [0.3, 0.4) is 0 Å². The van der Waals surface area contributed by atoms with E-state index in [2.05, 4.69) is 30.3 Å². The molecule has 0 fully saturated rings. The Morgan fingerprint density at radius 3 is 1.07 bits per heavy atom. The number of nitrogens with zero attached hydrogens (tertiary/aromatic N) is 11. The van der Waals surface area contributed by atoms with Gasteiger partial charge in [0.05, 0.1) is 29.6 Å². The molecule has 5 aromatic carbocycles. The van der Waals surface area contributed by atoms with Crippen LogP contribution < -0.4 is 31.1 Å². The van der Waals surface area contributed by atoms with E-state index in [1.54, 1.807) is 0 Å². The number of nitrogen functional groups attached to an aromatic ring is 1. The smallest absolute Gasteiger partial charge is 0.368 e. The molecule has 0 atom stereocenters. The van der Waals surface area contributed by atoms with Gasteiger partial charge in [0.15, 0.2) is 0 Å². The molecule has 0 saturated heterocycles. The molecule has 19 heteroatoms. The van der Waals surface area contributed by atoms with E-state index in [9.17, 15) is 8.42 Å². The number of hydrogen-bond acceptors (Lipinski definition) is 14. The molecule has 9 aromatic rings. The van der Waals surface area contributed by atoms with Crippen LogP contribution in [0.1, 0.15) is 158 Å². The second-order valence-corrected chi connectivity index (χ2v) is 16.9. The molecule has 8 bridgehead atoms. The molecular weight excluding hydrogens is 1130 g/mol. The first-order valence-electron chi connectivity index (χ1n) is 22.2. The van der Waals surface area contributed by atoms with Crippen molar-refractivity contribution < 1.29 is 25.5 Å². The number of fused-ring (bicyclic) bond motifs is 20. The van der Waals surface area contributed by atoms with Crippen molar-refractivity contribution in [3.63, 3.8) is 0 Å². The van der Waals surface area contributed by atoms with E-state index in [1.165, 1.54) is 0 Å². The van der Waals surface area contributed by atoms with Crippen LogP contribution in [0.4, 0.5) is 23.5 Å². The number of benzene rings is 5. The molecule has 0 amide bonds. The van der Waals surface area contributed by atoms with Gasteiger partial charge in [0, 0.05) is 63.6 Å². The van der Waals surface area contributed by atoms with Crippen molar-refractivity contribution in [1.29, 1.82) is 0 Å². The average Bonchev–Trinajstić information content (AvgIpc) is 4.09. The van der Waals surface area contributed by atoms with Crippen molar-refractivity contribution in [2.75, 3.05) is 35.7 Å². The van der Waals surface area contributed by atoms with E-state index in [-0.39, 0.29) is 154 Å². The summed E-state index contributed by atoms with van der Waals surface area (Å²) in [4.78, 5) is 51.5. The average molecular weight is 1240 g/mol. The fourth-order valence-electron chi connectivity index (χ4n) is 7.39. The van der Waals surface area contributed by atoms with Gasteiger partial charge in [-0.3, -0.25) is 0 Å². The van der Waals surface area contributed by atoms with Crippen molar-refractivity contribution in [3.05, 3.63) is 126 Å². The normalized spacial score (nSPS) is 8.98. The van der Waals surface area contributed by atoms with E-state index in [0.29, 0.717) is 58.4 Å². The quantitative estimate of drug-likeness (QED) is 0.0857. The van der Waals surface area contributed by atoms with Crippen LogP contribution in [0.25, 0.3) is 89.7 Å². The number of hydrogen-bond donors (Lipinski definition) is 4. The largest absolute Gasteiger partial charge is 2.00 e. The summed E-state index contributed by atoms with van der Waals surface area (Å²) in [5, 5.41) is 9.59. The Morgan fingerprint density at radius 2 is 0.741 bits per heavy atom. The molecule has 2 aliphatic heterocycles. The Bertz CT molecular complexity index is 3290. The number of sulfonamides is 1. The molecule has 6 heterocycles. The summed E-state index contributed by atoms with van der Waals surface area (Å²) in [6.07, 6.45) is 1.10. The van der Waals surface area contributed by atoms with Crippen LogP contribution in [-0.4, -0.2) is 72.6 Å². The molecule has 0 aliphatic carbocycles. The summed E-state index contributed by atoms with van der Waals surface area (Å²) >= 11 is 0. The summed E-state index contributed by atoms with van der Waals surface area (Å²) < 4.78 is 24.4. The number of anilines is 4. The monoisotopic (exact) mass is 1240 g/mol. The van der Waals surface area contributed by atoms with Crippen molar-refractivity contribution in [1.82, 2.24) is 59.5 Å². The molecule has 11 rings (SSSR count). The summed E-state index contributed by atoms with van der Waals surface area (Å²) in [6, 6.07) is 37.8. The second-order valence-electron chi connectivity index (χ2n) is 15.0. The molecule has 17 nitrogen and oxygen atoms in total. The number of nitrogens with one attached hydrogen (secondary N) is 3. The maximum atomic E-state index is 11.0. The molecular formula is C66H113CuN15O2S. The maximum Gasteiger partial charge on any atom is 2.00 e. The first kappa shape index (κ1) is 99.4. The molecule has 85 heavy (non-hydrogen) atoms. The number of aryl methyl sites for hydroxylation is 2. The van der Waals surface area contributed by atoms with Gasteiger partial charge in [-0.25, -0.2) is 23.1 Å². The molecule has 1 radical (unpaired) electrons. The van der Waals surface area contributed by atoms with Crippen LogP contribution in [-0.2, 0) is 27.1 Å². The van der Waals surface area contributed by atoms with Crippen molar-refractivity contribution in [3.8, 4) is 45.6 Å². The Hall–Kier alpha value is -7.70. The fraction of sp³-hybridized carbons (Fsp3) is 0.379. The van der Waals surface area contributed by atoms with Gasteiger partial charge in [0.25, 0.3) is 0 Å². The van der Waals surface area contributed by atoms with Crippen LogP contribution in [0.15, 0.2) is 115 Å². The van der Waals surface area contributed by atoms with Crippen LogP contribution in [0, 0.1) is 13.8 Å². The minimum Gasteiger partial charge on any atom is -0.368 e. The summed E-state index contributed by atoms with van der Waals surface area (Å²) in [5.41, 5.74) is 14.5. The molecule has 5 N–H and O–H groups in total. The van der Waals surface area contributed by atoms with Gasteiger partial charge >= 0.3 is 17.1 Å². The van der Waals surface area contributed by atoms with Gasteiger partial charge < -0.3 is 46.3 Å².